The van der Waals surface area contributed by atoms with Crippen LogP contribution < -0.4 is 10.1 Å². The molecule has 2 N–H and O–H groups in total. The minimum atomic E-state index is -0.302. The van der Waals surface area contributed by atoms with Crippen molar-refractivity contribution in [3.05, 3.63) is 64.7 Å². The second kappa shape index (κ2) is 8.12. The molecule has 0 spiro atoms. The van der Waals surface area contributed by atoms with Gasteiger partial charge in [0.2, 0.25) is 5.13 Å². The summed E-state index contributed by atoms with van der Waals surface area (Å²) < 4.78 is 5.06. The fourth-order valence-electron chi connectivity index (χ4n) is 2.23. The quantitative estimate of drug-likeness (QED) is 0.657. The summed E-state index contributed by atoms with van der Waals surface area (Å²) in [6.45, 7) is 0. The van der Waals surface area contributed by atoms with E-state index >= 15 is 0 Å². The second-order valence-electron chi connectivity index (χ2n) is 5.33. The van der Waals surface area contributed by atoms with Crippen LogP contribution in [0.2, 0.25) is 0 Å². The number of aromatic hydroxyl groups is 1. The van der Waals surface area contributed by atoms with E-state index < -0.39 is 0 Å². The predicted molar refractivity (Wildman–Crippen MR) is 102 cm³/mol. The lowest BCUT2D eigenvalue weighted by atomic mass is 10.1. The highest BCUT2D eigenvalue weighted by Gasteiger charge is 2.13. The summed E-state index contributed by atoms with van der Waals surface area (Å²) in [5, 5.41) is 30.3. The zero-order chi connectivity index (χ0) is 19.2. The van der Waals surface area contributed by atoms with E-state index in [4.69, 9.17) is 4.74 Å². The average molecular weight is 378 g/mol. The lowest BCUT2D eigenvalue weighted by molar-refractivity contribution is 0.102. The predicted octanol–water partition coefficient (Wildman–Crippen LogP) is 3.57. The van der Waals surface area contributed by atoms with Crippen LogP contribution in [-0.4, -0.2) is 28.3 Å². The van der Waals surface area contributed by atoms with Crippen LogP contribution in [0.3, 0.4) is 0 Å². The number of nitrogens with zero attached hydrogens (tertiary/aromatic N) is 3. The van der Waals surface area contributed by atoms with Gasteiger partial charge in [-0.25, -0.2) is 0 Å². The number of anilines is 1. The molecule has 3 rings (SSSR count). The monoisotopic (exact) mass is 378 g/mol. The minimum absolute atomic E-state index is 0.00924. The molecule has 0 aliphatic heterocycles. The third-order valence-corrected chi connectivity index (χ3v) is 4.42. The van der Waals surface area contributed by atoms with Gasteiger partial charge in [-0.15, -0.1) is 10.2 Å². The number of hydrogen-bond donors (Lipinski definition) is 2. The summed E-state index contributed by atoms with van der Waals surface area (Å²) in [7, 11) is 1.44. The number of aromatic nitrogens is 2. The van der Waals surface area contributed by atoms with Crippen molar-refractivity contribution in [1.82, 2.24) is 10.2 Å². The molecule has 0 bridgehead atoms. The molecule has 1 heterocycles. The minimum Gasteiger partial charge on any atom is -0.504 e. The van der Waals surface area contributed by atoms with Crippen LogP contribution in [0.5, 0.6) is 11.5 Å². The first kappa shape index (κ1) is 18.1. The van der Waals surface area contributed by atoms with Crippen LogP contribution in [0.15, 0.2) is 48.5 Å². The molecule has 27 heavy (non-hydrogen) atoms. The molecule has 7 nitrogen and oxygen atoms in total. The van der Waals surface area contributed by atoms with Crippen molar-refractivity contribution in [3.8, 4) is 17.6 Å². The fourth-order valence-corrected chi connectivity index (χ4v) is 2.94. The van der Waals surface area contributed by atoms with E-state index in [9.17, 15) is 15.2 Å². The van der Waals surface area contributed by atoms with E-state index in [1.54, 1.807) is 42.5 Å². The van der Waals surface area contributed by atoms with Gasteiger partial charge >= 0.3 is 0 Å². The first-order valence-electron chi connectivity index (χ1n) is 7.80. The summed E-state index contributed by atoms with van der Waals surface area (Å²) in [4.78, 5) is 12.2. The van der Waals surface area contributed by atoms with Crippen molar-refractivity contribution in [2.75, 3.05) is 12.4 Å². The number of nitrogens with one attached hydrogen (secondary N) is 1. The molecule has 2 aromatic carbocycles. The molecule has 0 fully saturated rings. The number of carbonyl (C=O) groups excluding carboxylic acids is 1. The molecule has 0 unspecified atom stereocenters. The normalized spacial score (nSPS) is 10.9. The number of hydrogen-bond acceptors (Lipinski definition) is 7. The Kier molecular flexibility index (Phi) is 5.44. The number of allylic oxidation sites excluding steroid dienone is 1. The Bertz CT molecular complexity index is 1040. The number of benzene rings is 2. The molecule has 0 saturated carbocycles. The van der Waals surface area contributed by atoms with Crippen LogP contribution in [0.1, 0.15) is 20.9 Å². The van der Waals surface area contributed by atoms with Gasteiger partial charge in [0.1, 0.15) is 6.07 Å². The Labute approximate surface area is 159 Å². The number of phenols is 1. The molecule has 134 valence electrons. The molecule has 8 heteroatoms. The average Bonchev–Trinajstić information content (AvgIpc) is 3.16. The van der Waals surface area contributed by atoms with Gasteiger partial charge in [-0.05, 0) is 35.9 Å². The molecule has 0 aliphatic carbocycles. The Balaban J connectivity index is 1.81. The molecular formula is C19H14N4O3S. The number of carbonyl (C=O) groups is 1. The van der Waals surface area contributed by atoms with E-state index in [0.717, 1.165) is 11.3 Å². The SMILES string of the molecule is COc1cc(/C=C(\C#N)c2nnc(NC(=O)c3ccccc3)s2)ccc1O. The van der Waals surface area contributed by atoms with Gasteiger partial charge in [-0.1, -0.05) is 35.6 Å². The van der Waals surface area contributed by atoms with Gasteiger partial charge in [0.05, 0.1) is 12.7 Å². The van der Waals surface area contributed by atoms with Crippen LogP contribution in [0, 0.1) is 11.3 Å². The third-order valence-electron chi connectivity index (χ3n) is 3.55. The summed E-state index contributed by atoms with van der Waals surface area (Å²) in [5.41, 5.74) is 1.44. The van der Waals surface area contributed by atoms with Crippen LogP contribution >= 0.6 is 11.3 Å². The maximum absolute atomic E-state index is 12.2. The van der Waals surface area contributed by atoms with Crippen molar-refractivity contribution in [3.63, 3.8) is 0 Å². The van der Waals surface area contributed by atoms with E-state index in [1.165, 1.54) is 13.2 Å². The zero-order valence-electron chi connectivity index (χ0n) is 14.2. The molecular weight excluding hydrogens is 364 g/mol. The molecule has 0 atom stereocenters. The van der Waals surface area contributed by atoms with Crippen molar-refractivity contribution in [2.45, 2.75) is 0 Å². The summed E-state index contributed by atoms with van der Waals surface area (Å²) in [6, 6.07) is 15.5. The first-order chi connectivity index (χ1) is 13.1. The number of phenolic OH excluding ortho intramolecular Hbond substituents is 1. The van der Waals surface area contributed by atoms with E-state index in [1.807, 2.05) is 6.07 Å². The number of amides is 1. The maximum atomic E-state index is 12.2. The van der Waals surface area contributed by atoms with Gasteiger partial charge in [-0.2, -0.15) is 5.26 Å². The largest absolute Gasteiger partial charge is 0.504 e. The van der Waals surface area contributed by atoms with Gasteiger partial charge in [0.25, 0.3) is 5.91 Å². The highest BCUT2D eigenvalue weighted by Crippen LogP contribution is 2.29. The Morgan fingerprint density at radius 2 is 2.04 bits per heavy atom. The lowest BCUT2D eigenvalue weighted by Gasteiger charge is -2.03. The lowest BCUT2D eigenvalue weighted by Crippen LogP contribution is -2.11. The standard InChI is InChI=1S/C19H14N4O3S/c1-26-16-10-12(7-8-15(16)24)9-14(11-20)18-22-23-19(27-18)21-17(25)13-5-3-2-4-6-13/h2-10,24H,1H3,(H,21,23,25)/b14-9+. The van der Waals surface area contributed by atoms with E-state index in [2.05, 4.69) is 21.6 Å². The molecule has 0 aliphatic rings. The summed E-state index contributed by atoms with van der Waals surface area (Å²) in [6.07, 6.45) is 1.60. The molecule has 1 amide bonds. The number of nitriles is 1. The van der Waals surface area contributed by atoms with Crippen LogP contribution in [0.4, 0.5) is 5.13 Å². The second-order valence-corrected chi connectivity index (χ2v) is 6.31. The van der Waals surface area contributed by atoms with Crippen molar-refractivity contribution >= 4 is 34.0 Å². The molecule has 0 saturated heterocycles. The number of ether oxygens (including phenoxy) is 1. The van der Waals surface area contributed by atoms with Gasteiger partial charge < -0.3 is 9.84 Å². The Morgan fingerprint density at radius 3 is 2.74 bits per heavy atom. The topological polar surface area (TPSA) is 108 Å². The number of rotatable bonds is 5. The van der Waals surface area contributed by atoms with Crippen molar-refractivity contribution < 1.29 is 14.6 Å². The third kappa shape index (κ3) is 4.29. The summed E-state index contributed by atoms with van der Waals surface area (Å²) in [5.74, 6) is 0.00755. The first-order valence-corrected chi connectivity index (χ1v) is 8.61. The zero-order valence-corrected chi connectivity index (χ0v) is 15.0. The maximum Gasteiger partial charge on any atom is 0.257 e. The molecule has 0 radical (unpaired) electrons. The highest BCUT2D eigenvalue weighted by atomic mass is 32.1. The van der Waals surface area contributed by atoms with Crippen molar-refractivity contribution in [2.24, 2.45) is 0 Å². The van der Waals surface area contributed by atoms with E-state index in [-0.39, 0.29) is 17.2 Å². The van der Waals surface area contributed by atoms with Crippen LogP contribution in [0.25, 0.3) is 11.6 Å². The molecule has 1 aromatic heterocycles. The summed E-state index contributed by atoms with van der Waals surface area (Å²) >= 11 is 1.10. The van der Waals surface area contributed by atoms with Gasteiger partial charge in [-0.3, -0.25) is 10.1 Å². The highest BCUT2D eigenvalue weighted by molar-refractivity contribution is 7.16. The number of methoxy groups -OCH3 is 1. The molecule has 3 aromatic rings. The Hall–Kier alpha value is -3.70. The van der Waals surface area contributed by atoms with Gasteiger partial charge in [0, 0.05) is 5.56 Å². The van der Waals surface area contributed by atoms with Gasteiger partial charge in [0.15, 0.2) is 16.5 Å². The Morgan fingerprint density at radius 1 is 1.26 bits per heavy atom. The smallest absolute Gasteiger partial charge is 0.257 e. The van der Waals surface area contributed by atoms with Crippen molar-refractivity contribution in [1.29, 1.82) is 5.26 Å². The fraction of sp³-hybridized carbons (Fsp3) is 0.0526. The van der Waals surface area contributed by atoms with Crippen LogP contribution in [-0.2, 0) is 0 Å². The van der Waals surface area contributed by atoms with E-state index in [0.29, 0.717) is 27.0 Å².